The molecule has 0 fully saturated rings. The maximum absolute atomic E-state index is 11.7. The fourth-order valence-electron chi connectivity index (χ4n) is 1.14. The van der Waals surface area contributed by atoms with Crippen LogP contribution >= 0.6 is 11.9 Å². The number of aldehydes is 1. The number of carbonyl (C=O) groups is 2. The minimum Gasteiger partial charge on any atom is -0.342 e. The number of hydrogen-bond acceptors (Lipinski definition) is 3. The van der Waals surface area contributed by atoms with Gasteiger partial charge in [-0.1, -0.05) is 18.2 Å². The molecule has 0 aliphatic heterocycles. The van der Waals surface area contributed by atoms with Gasteiger partial charge in [0, 0.05) is 19.2 Å². The summed E-state index contributed by atoms with van der Waals surface area (Å²) < 4.78 is 6.47. The van der Waals surface area contributed by atoms with Crippen molar-refractivity contribution in [2.24, 2.45) is 0 Å². The molecule has 16 heavy (non-hydrogen) atoms. The smallest absolute Gasteiger partial charge is 0.254 e. The topological polar surface area (TPSA) is 57.6 Å². The van der Waals surface area contributed by atoms with Crippen molar-refractivity contribution < 1.29 is 14.2 Å². The van der Waals surface area contributed by atoms with E-state index < -0.39 is 0 Å². The van der Waals surface area contributed by atoms with Crippen LogP contribution in [0.5, 0.6) is 0 Å². The van der Waals surface area contributed by atoms with Crippen LogP contribution in [0.15, 0.2) is 24.3 Å². The molecule has 4 nitrogen and oxygen atoms in total. The number of rotatable bonds is 3. The van der Waals surface area contributed by atoms with Crippen molar-refractivity contribution in [3.63, 3.8) is 0 Å². The van der Waals surface area contributed by atoms with Crippen LogP contribution in [-0.2, 0) is 0 Å². The Hall–Kier alpha value is -1.39. The van der Waals surface area contributed by atoms with E-state index in [0.29, 0.717) is 24.0 Å². The Morgan fingerprint density at radius 2 is 2.00 bits per heavy atom. The Bertz CT molecular complexity index is 355. The van der Waals surface area contributed by atoms with Crippen molar-refractivity contribution >= 4 is 24.1 Å². The lowest BCUT2D eigenvalue weighted by Crippen LogP contribution is -2.27. The van der Waals surface area contributed by atoms with Crippen LogP contribution < -0.4 is 0 Å². The lowest BCUT2D eigenvalue weighted by molar-refractivity contribution is 0.0799. The first-order valence-electron chi connectivity index (χ1n) is 4.67. The highest BCUT2D eigenvalue weighted by atomic mass is 35.5. The monoisotopic (exact) mass is 243 g/mol. The summed E-state index contributed by atoms with van der Waals surface area (Å²) in [5.41, 5.74) is 0.907. The van der Waals surface area contributed by atoms with E-state index in [1.54, 1.807) is 36.2 Å². The van der Waals surface area contributed by atoms with E-state index in [2.05, 4.69) is 11.9 Å². The number of hydrogen-bond donors (Lipinski definition) is 1. The standard InChI is InChI=1S/C11H13NO2.ClHO/c1-3-12(2)11(14)10-7-5-4-6-9(10)8-13;1-2/h4-8H,3H2,1-2H3;2H. The lowest BCUT2D eigenvalue weighted by Gasteiger charge is -2.15. The maximum atomic E-state index is 11.7. The lowest BCUT2D eigenvalue weighted by atomic mass is 10.1. The van der Waals surface area contributed by atoms with Crippen molar-refractivity contribution in [3.05, 3.63) is 35.4 Å². The summed E-state index contributed by atoms with van der Waals surface area (Å²) in [6.07, 6.45) is 0.705. The third-order valence-corrected chi connectivity index (χ3v) is 2.14. The third kappa shape index (κ3) is 3.64. The van der Waals surface area contributed by atoms with Gasteiger partial charge in [-0.25, -0.2) is 0 Å². The first-order chi connectivity index (χ1) is 7.70. The Kier molecular flexibility index (Phi) is 7.16. The number of carbonyl (C=O) groups excluding carboxylic acids is 2. The summed E-state index contributed by atoms with van der Waals surface area (Å²) in [7, 11) is 1.71. The number of benzene rings is 1. The van der Waals surface area contributed by atoms with Crippen molar-refractivity contribution in [1.82, 2.24) is 4.90 Å². The second-order valence-electron chi connectivity index (χ2n) is 3.02. The van der Waals surface area contributed by atoms with Crippen LogP contribution in [0.1, 0.15) is 27.6 Å². The van der Waals surface area contributed by atoms with E-state index in [9.17, 15) is 9.59 Å². The predicted octanol–water partition coefficient (Wildman–Crippen LogP) is 1.72. The van der Waals surface area contributed by atoms with Gasteiger partial charge in [-0.15, -0.1) is 0 Å². The fourth-order valence-corrected chi connectivity index (χ4v) is 1.14. The highest BCUT2D eigenvalue weighted by Gasteiger charge is 2.12. The molecule has 0 saturated carbocycles. The minimum atomic E-state index is -0.116. The van der Waals surface area contributed by atoms with Gasteiger partial charge in [0.2, 0.25) is 0 Å². The SMILES string of the molecule is CCN(C)C(=O)c1ccccc1C=O.OCl. The second-order valence-corrected chi connectivity index (χ2v) is 3.02. The van der Waals surface area contributed by atoms with E-state index in [-0.39, 0.29) is 5.91 Å². The molecule has 0 aromatic heterocycles. The van der Waals surface area contributed by atoms with Gasteiger partial charge in [0.05, 0.1) is 17.4 Å². The van der Waals surface area contributed by atoms with Crippen LogP contribution in [0.4, 0.5) is 0 Å². The van der Waals surface area contributed by atoms with Gasteiger partial charge in [-0.05, 0) is 13.0 Å². The average molecular weight is 244 g/mol. The normalized spacial score (nSPS) is 8.75. The zero-order valence-electron chi connectivity index (χ0n) is 9.18. The summed E-state index contributed by atoms with van der Waals surface area (Å²) in [5, 5.41) is 0. The molecule has 0 aliphatic rings. The molecule has 5 heteroatoms. The average Bonchev–Trinajstić information content (AvgIpc) is 2.39. The molecular weight excluding hydrogens is 230 g/mol. The van der Waals surface area contributed by atoms with Gasteiger partial charge in [0.25, 0.3) is 5.91 Å². The molecule has 0 heterocycles. The Balaban J connectivity index is 0.00000106. The van der Waals surface area contributed by atoms with Gasteiger partial charge in [0.1, 0.15) is 0 Å². The van der Waals surface area contributed by atoms with Crippen molar-refractivity contribution in [2.75, 3.05) is 13.6 Å². The summed E-state index contributed by atoms with van der Waals surface area (Å²) in [6, 6.07) is 6.80. The third-order valence-electron chi connectivity index (χ3n) is 2.14. The van der Waals surface area contributed by atoms with E-state index in [0.717, 1.165) is 0 Å². The number of halogens is 1. The van der Waals surface area contributed by atoms with E-state index in [1.165, 1.54) is 0 Å². The molecule has 1 N–H and O–H groups in total. The van der Waals surface area contributed by atoms with Crippen molar-refractivity contribution in [2.45, 2.75) is 6.92 Å². The van der Waals surface area contributed by atoms with Gasteiger partial charge in [-0.2, -0.15) is 0 Å². The maximum Gasteiger partial charge on any atom is 0.254 e. The molecule has 88 valence electrons. The quantitative estimate of drug-likeness (QED) is 0.823. The number of amides is 1. The molecule has 0 saturated heterocycles. The predicted molar refractivity (Wildman–Crippen MR) is 62.5 cm³/mol. The van der Waals surface area contributed by atoms with Crippen LogP contribution in [0.3, 0.4) is 0 Å². The zero-order valence-corrected chi connectivity index (χ0v) is 9.94. The molecule has 0 atom stereocenters. The first kappa shape index (κ1) is 14.6. The largest absolute Gasteiger partial charge is 0.342 e. The summed E-state index contributed by atoms with van der Waals surface area (Å²) in [6.45, 7) is 2.52. The molecule has 0 aliphatic carbocycles. The molecule has 1 aromatic carbocycles. The zero-order chi connectivity index (χ0) is 12.6. The molecule has 0 spiro atoms. The molecule has 0 radical (unpaired) electrons. The van der Waals surface area contributed by atoms with Gasteiger partial charge in [-0.3, -0.25) is 14.2 Å². The molecular formula is C11H14ClNO3. The van der Waals surface area contributed by atoms with Crippen molar-refractivity contribution in [3.8, 4) is 0 Å². The summed E-state index contributed by atoms with van der Waals surface area (Å²) in [5.74, 6) is -0.116. The Morgan fingerprint density at radius 1 is 1.44 bits per heavy atom. The van der Waals surface area contributed by atoms with E-state index >= 15 is 0 Å². The van der Waals surface area contributed by atoms with Crippen molar-refractivity contribution in [1.29, 1.82) is 0 Å². The molecule has 0 bridgehead atoms. The highest BCUT2D eigenvalue weighted by Crippen LogP contribution is 2.08. The summed E-state index contributed by atoms with van der Waals surface area (Å²) >= 11 is 3.64. The molecule has 1 amide bonds. The highest BCUT2D eigenvalue weighted by molar-refractivity contribution is 6.04. The Labute approximate surface area is 99.6 Å². The van der Waals surface area contributed by atoms with Crippen LogP contribution in [0, 0.1) is 0 Å². The van der Waals surface area contributed by atoms with E-state index in [1.807, 2.05) is 6.92 Å². The fraction of sp³-hybridized carbons (Fsp3) is 0.273. The number of nitrogens with zero attached hydrogens (tertiary/aromatic N) is 1. The van der Waals surface area contributed by atoms with Gasteiger partial charge >= 0.3 is 0 Å². The van der Waals surface area contributed by atoms with Gasteiger partial charge in [0.15, 0.2) is 6.29 Å². The second kappa shape index (κ2) is 7.84. The van der Waals surface area contributed by atoms with Crippen LogP contribution in [-0.4, -0.2) is 35.3 Å². The molecule has 0 unspecified atom stereocenters. The van der Waals surface area contributed by atoms with Crippen LogP contribution in [0.2, 0.25) is 0 Å². The summed E-state index contributed by atoms with van der Waals surface area (Å²) in [4.78, 5) is 24.0. The van der Waals surface area contributed by atoms with E-state index in [4.69, 9.17) is 4.66 Å². The molecule has 1 aromatic rings. The Morgan fingerprint density at radius 3 is 2.50 bits per heavy atom. The van der Waals surface area contributed by atoms with Crippen LogP contribution in [0.25, 0.3) is 0 Å². The first-order valence-corrected chi connectivity index (χ1v) is 5.01. The van der Waals surface area contributed by atoms with Gasteiger partial charge < -0.3 is 4.90 Å². The molecule has 1 rings (SSSR count). The minimum absolute atomic E-state index is 0.116.